The van der Waals surface area contributed by atoms with E-state index in [0.717, 1.165) is 5.56 Å². The zero-order valence-electron chi connectivity index (χ0n) is 10.8. The summed E-state index contributed by atoms with van der Waals surface area (Å²) in [5.41, 5.74) is 1.55. The molecule has 0 atom stereocenters. The first-order valence-corrected chi connectivity index (χ1v) is 5.71. The van der Waals surface area contributed by atoms with Crippen LogP contribution in [0.2, 0.25) is 0 Å². The van der Waals surface area contributed by atoms with Crippen LogP contribution in [0.25, 0.3) is 5.70 Å². The lowest BCUT2D eigenvalue weighted by Crippen LogP contribution is -2.18. The van der Waals surface area contributed by atoms with E-state index in [2.05, 4.69) is 4.74 Å². The molecule has 0 aliphatic heterocycles. The Morgan fingerprint density at radius 1 is 1.22 bits per heavy atom. The van der Waals surface area contributed by atoms with Crippen LogP contribution in [0.15, 0.2) is 36.4 Å². The molecule has 0 saturated heterocycles. The second-order valence-corrected chi connectivity index (χ2v) is 3.87. The number of esters is 1. The number of ether oxygens (including phenoxy) is 1. The van der Waals surface area contributed by atoms with Crippen molar-refractivity contribution in [3.8, 4) is 0 Å². The maximum Gasteiger partial charge on any atom is 0.379 e. The van der Waals surface area contributed by atoms with Crippen molar-refractivity contribution in [3.63, 3.8) is 0 Å². The van der Waals surface area contributed by atoms with Crippen LogP contribution in [-0.2, 0) is 14.3 Å². The lowest BCUT2D eigenvalue weighted by molar-refractivity contribution is -0.151. The molecule has 0 spiro atoms. The minimum atomic E-state index is -0.826. The van der Waals surface area contributed by atoms with E-state index >= 15 is 0 Å². The van der Waals surface area contributed by atoms with Gasteiger partial charge in [-0.2, -0.15) is 0 Å². The Hall–Kier alpha value is -2.10. The van der Waals surface area contributed by atoms with Gasteiger partial charge in [-0.15, -0.1) is 0 Å². The minimum absolute atomic E-state index is 0.195. The zero-order valence-corrected chi connectivity index (χ0v) is 10.8. The number of carbonyl (C=O) groups excluding carboxylic acids is 2. The van der Waals surface area contributed by atoms with Gasteiger partial charge in [0.15, 0.2) is 0 Å². The number of rotatable bonds is 5. The normalized spacial score (nSPS) is 10.9. The molecule has 0 amide bonds. The summed E-state index contributed by atoms with van der Waals surface area (Å²) < 4.78 is 4.67. The van der Waals surface area contributed by atoms with E-state index in [1.165, 1.54) is 6.08 Å². The van der Waals surface area contributed by atoms with Crippen LogP contribution in [0.3, 0.4) is 0 Å². The van der Waals surface area contributed by atoms with Gasteiger partial charge in [-0.25, -0.2) is 4.79 Å². The molecule has 18 heavy (non-hydrogen) atoms. The third-order valence-electron chi connectivity index (χ3n) is 2.30. The van der Waals surface area contributed by atoms with Gasteiger partial charge in [0.1, 0.15) is 0 Å². The van der Waals surface area contributed by atoms with Gasteiger partial charge in [-0.1, -0.05) is 30.3 Å². The Bertz CT molecular complexity index is 449. The molecule has 4 nitrogen and oxygen atoms in total. The lowest BCUT2D eigenvalue weighted by atomic mass is 10.1. The molecule has 0 N–H and O–H groups in total. The standard InChI is InChI=1S/C14H17NO3/c1-4-18-14(17)13(16)10-12(15(2)3)11-8-6-5-7-9-11/h5-10H,4H2,1-3H3/b12-10+. The Morgan fingerprint density at radius 2 is 1.83 bits per heavy atom. The summed E-state index contributed by atoms with van der Waals surface area (Å²) in [5, 5.41) is 0. The predicted octanol–water partition coefficient (Wildman–Crippen LogP) is 1.72. The average Bonchev–Trinajstić information content (AvgIpc) is 2.36. The van der Waals surface area contributed by atoms with Crippen LogP contribution in [0, 0.1) is 0 Å². The van der Waals surface area contributed by atoms with Crippen molar-refractivity contribution >= 4 is 17.4 Å². The van der Waals surface area contributed by atoms with E-state index in [0.29, 0.717) is 5.70 Å². The van der Waals surface area contributed by atoms with Gasteiger partial charge in [-0.05, 0) is 12.5 Å². The highest BCUT2D eigenvalue weighted by Crippen LogP contribution is 2.16. The molecule has 0 saturated carbocycles. The number of ketones is 1. The molecule has 0 aliphatic carbocycles. The molecule has 0 unspecified atom stereocenters. The van der Waals surface area contributed by atoms with Gasteiger partial charge in [0.2, 0.25) is 0 Å². The van der Waals surface area contributed by atoms with Gasteiger partial charge >= 0.3 is 5.97 Å². The lowest BCUT2D eigenvalue weighted by Gasteiger charge is -2.17. The first kappa shape index (κ1) is 14.0. The van der Waals surface area contributed by atoms with Gasteiger partial charge < -0.3 is 9.64 Å². The molecule has 0 heterocycles. The van der Waals surface area contributed by atoms with E-state index in [1.54, 1.807) is 11.8 Å². The van der Waals surface area contributed by atoms with Crippen LogP contribution in [0.4, 0.5) is 0 Å². The van der Waals surface area contributed by atoms with Gasteiger partial charge in [0, 0.05) is 25.9 Å². The van der Waals surface area contributed by atoms with Crippen LogP contribution in [0.1, 0.15) is 12.5 Å². The molecule has 1 aromatic carbocycles. The highest BCUT2D eigenvalue weighted by Gasteiger charge is 2.14. The Balaban J connectivity index is 3.00. The number of carbonyl (C=O) groups is 2. The topological polar surface area (TPSA) is 46.6 Å². The van der Waals surface area contributed by atoms with Crippen molar-refractivity contribution in [3.05, 3.63) is 42.0 Å². The first-order chi connectivity index (χ1) is 8.56. The van der Waals surface area contributed by atoms with E-state index in [1.807, 2.05) is 44.4 Å². The highest BCUT2D eigenvalue weighted by atomic mass is 16.5. The van der Waals surface area contributed by atoms with Gasteiger partial charge in [0.25, 0.3) is 5.78 Å². The minimum Gasteiger partial charge on any atom is -0.460 e. The molecule has 0 bridgehead atoms. The van der Waals surface area contributed by atoms with Crippen LogP contribution in [-0.4, -0.2) is 37.4 Å². The summed E-state index contributed by atoms with van der Waals surface area (Å²) in [6.45, 7) is 1.86. The van der Waals surface area contributed by atoms with Crippen molar-refractivity contribution in [1.29, 1.82) is 0 Å². The van der Waals surface area contributed by atoms with Gasteiger partial charge in [0.05, 0.1) is 6.61 Å². The molecular weight excluding hydrogens is 230 g/mol. The fourth-order valence-electron chi connectivity index (χ4n) is 1.46. The smallest absolute Gasteiger partial charge is 0.379 e. The van der Waals surface area contributed by atoms with Crippen LogP contribution >= 0.6 is 0 Å². The summed E-state index contributed by atoms with van der Waals surface area (Å²) in [6, 6.07) is 9.40. The summed E-state index contributed by atoms with van der Waals surface area (Å²) in [5.74, 6) is -1.47. The third-order valence-corrected chi connectivity index (χ3v) is 2.30. The van der Waals surface area contributed by atoms with E-state index < -0.39 is 11.8 Å². The average molecular weight is 247 g/mol. The molecular formula is C14H17NO3. The Labute approximate surface area is 107 Å². The predicted molar refractivity (Wildman–Crippen MR) is 69.7 cm³/mol. The summed E-state index contributed by atoms with van der Waals surface area (Å²) in [4.78, 5) is 24.7. The fraction of sp³-hybridized carbons (Fsp3) is 0.286. The molecule has 4 heteroatoms. The fourth-order valence-corrected chi connectivity index (χ4v) is 1.46. The zero-order chi connectivity index (χ0) is 13.5. The number of benzene rings is 1. The number of nitrogens with zero attached hydrogens (tertiary/aromatic N) is 1. The number of hydrogen-bond acceptors (Lipinski definition) is 4. The summed E-state index contributed by atoms with van der Waals surface area (Å²) >= 11 is 0. The molecule has 1 rings (SSSR count). The molecule has 0 fully saturated rings. The number of hydrogen-bond donors (Lipinski definition) is 0. The van der Waals surface area contributed by atoms with Crippen LogP contribution in [0.5, 0.6) is 0 Å². The van der Waals surface area contributed by atoms with E-state index in [9.17, 15) is 9.59 Å². The molecule has 0 radical (unpaired) electrons. The SMILES string of the molecule is CCOC(=O)C(=O)/C=C(\c1ccccc1)N(C)C. The maximum absolute atomic E-state index is 11.6. The summed E-state index contributed by atoms with van der Waals surface area (Å²) in [6.07, 6.45) is 1.30. The highest BCUT2D eigenvalue weighted by molar-refractivity contribution is 6.39. The molecule has 1 aromatic rings. The second-order valence-electron chi connectivity index (χ2n) is 3.87. The first-order valence-electron chi connectivity index (χ1n) is 5.71. The second kappa shape index (κ2) is 6.59. The van der Waals surface area contributed by atoms with Gasteiger partial charge in [-0.3, -0.25) is 4.79 Å². The quantitative estimate of drug-likeness (QED) is 0.451. The van der Waals surface area contributed by atoms with Crippen molar-refractivity contribution in [2.75, 3.05) is 20.7 Å². The largest absolute Gasteiger partial charge is 0.460 e. The van der Waals surface area contributed by atoms with Crippen LogP contribution < -0.4 is 0 Å². The van der Waals surface area contributed by atoms with Crippen molar-refractivity contribution in [2.45, 2.75) is 6.92 Å². The molecule has 0 aliphatic rings. The monoisotopic (exact) mass is 247 g/mol. The van der Waals surface area contributed by atoms with E-state index in [4.69, 9.17) is 0 Å². The third kappa shape index (κ3) is 3.73. The Morgan fingerprint density at radius 3 is 2.33 bits per heavy atom. The molecule has 96 valence electrons. The van der Waals surface area contributed by atoms with Crippen molar-refractivity contribution in [1.82, 2.24) is 4.90 Å². The molecule has 0 aromatic heterocycles. The summed E-state index contributed by atoms with van der Waals surface area (Å²) in [7, 11) is 3.63. The Kier molecular flexibility index (Phi) is 5.11. The maximum atomic E-state index is 11.6. The van der Waals surface area contributed by atoms with Crippen molar-refractivity contribution < 1.29 is 14.3 Å². The van der Waals surface area contributed by atoms with Crippen molar-refractivity contribution in [2.24, 2.45) is 0 Å². The van der Waals surface area contributed by atoms with E-state index in [-0.39, 0.29) is 6.61 Å².